The monoisotopic (exact) mass is 214 g/mol. The second kappa shape index (κ2) is 4.08. The summed E-state index contributed by atoms with van der Waals surface area (Å²) in [6, 6.07) is 4.92. The van der Waals surface area contributed by atoms with E-state index in [1.54, 1.807) is 18.2 Å². The van der Waals surface area contributed by atoms with Gasteiger partial charge in [0.15, 0.2) is 0 Å². The molecule has 0 aliphatic rings. The van der Waals surface area contributed by atoms with Gasteiger partial charge in [0.1, 0.15) is 0 Å². The van der Waals surface area contributed by atoms with E-state index in [9.17, 15) is 8.42 Å². The number of sulfonamides is 1. The lowest BCUT2D eigenvalue weighted by Gasteiger charge is -2.06. The van der Waals surface area contributed by atoms with E-state index < -0.39 is 10.0 Å². The van der Waals surface area contributed by atoms with Crippen LogP contribution in [0, 0.1) is 6.92 Å². The maximum absolute atomic E-state index is 11.4. The van der Waals surface area contributed by atoms with Gasteiger partial charge in [-0.1, -0.05) is 6.07 Å². The summed E-state index contributed by atoms with van der Waals surface area (Å²) in [7, 11) is -1.97. The molecule has 1 aromatic rings. The second-order valence-electron chi connectivity index (χ2n) is 3.00. The minimum Gasteiger partial charge on any atom is -0.326 e. The molecule has 5 heteroatoms. The first-order valence-electron chi connectivity index (χ1n) is 4.24. The summed E-state index contributed by atoms with van der Waals surface area (Å²) in [5.74, 6) is 0. The van der Waals surface area contributed by atoms with Crippen molar-refractivity contribution in [3.8, 4) is 0 Å². The van der Waals surface area contributed by atoms with Crippen molar-refractivity contribution in [3.05, 3.63) is 29.3 Å². The Morgan fingerprint density at radius 1 is 1.43 bits per heavy atom. The first kappa shape index (κ1) is 11.2. The molecule has 14 heavy (non-hydrogen) atoms. The largest absolute Gasteiger partial charge is 0.326 e. The van der Waals surface area contributed by atoms with Gasteiger partial charge in [-0.15, -0.1) is 0 Å². The predicted molar refractivity (Wildman–Crippen MR) is 55.3 cm³/mol. The van der Waals surface area contributed by atoms with Crippen LogP contribution in [0.3, 0.4) is 0 Å². The maximum Gasteiger partial charge on any atom is 0.240 e. The first-order chi connectivity index (χ1) is 6.51. The van der Waals surface area contributed by atoms with Crippen molar-refractivity contribution in [2.24, 2.45) is 5.73 Å². The topological polar surface area (TPSA) is 72.2 Å². The molecule has 0 aromatic heterocycles. The van der Waals surface area contributed by atoms with Crippen molar-refractivity contribution in [2.45, 2.75) is 18.4 Å². The van der Waals surface area contributed by atoms with Crippen LogP contribution < -0.4 is 10.5 Å². The predicted octanol–water partition coefficient (Wildman–Crippen LogP) is 0.362. The van der Waals surface area contributed by atoms with E-state index in [-0.39, 0.29) is 4.90 Å². The van der Waals surface area contributed by atoms with Crippen molar-refractivity contribution in [2.75, 3.05) is 7.05 Å². The number of benzene rings is 1. The van der Waals surface area contributed by atoms with Gasteiger partial charge in [0.2, 0.25) is 10.0 Å². The van der Waals surface area contributed by atoms with Gasteiger partial charge in [-0.3, -0.25) is 0 Å². The fourth-order valence-electron chi connectivity index (χ4n) is 1.15. The molecule has 4 nitrogen and oxygen atoms in total. The Morgan fingerprint density at radius 3 is 2.57 bits per heavy atom. The summed E-state index contributed by atoms with van der Waals surface area (Å²) in [5.41, 5.74) is 7.34. The molecule has 0 atom stereocenters. The van der Waals surface area contributed by atoms with Crippen LogP contribution in [0.15, 0.2) is 23.1 Å². The summed E-state index contributed by atoms with van der Waals surface area (Å²) in [6.45, 7) is 2.25. The Kier molecular flexibility index (Phi) is 3.25. The Labute approximate surface area is 84.2 Å². The zero-order valence-corrected chi connectivity index (χ0v) is 9.06. The fourth-order valence-corrected chi connectivity index (χ4v) is 1.93. The third-order valence-electron chi connectivity index (χ3n) is 2.12. The lowest BCUT2D eigenvalue weighted by molar-refractivity contribution is 0.588. The highest BCUT2D eigenvalue weighted by atomic mass is 32.2. The molecule has 0 bridgehead atoms. The van der Waals surface area contributed by atoms with E-state index in [0.29, 0.717) is 6.54 Å². The molecular formula is C9H14N2O2S. The van der Waals surface area contributed by atoms with Crippen molar-refractivity contribution in [1.29, 1.82) is 0 Å². The average Bonchev–Trinajstić information content (AvgIpc) is 2.18. The summed E-state index contributed by atoms with van der Waals surface area (Å²) < 4.78 is 25.1. The summed E-state index contributed by atoms with van der Waals surface area (Å²) in [4.78, 5) is 0.256. The van der Waals surface area contributed by atoms with Crippen LogP contribution in [0.2, 0.25) is 0 Å². The molecule has 0 saturated heterocycles. The molecule has 3 N–H and O–H groups in total. The molecule has 0 aliphatic heterocycles. The fraction of sp³-hybridized carbons (Fsp3) is 0.333. The summed E-state index contributed by atoms with van der Waals surface area (Å²) in [6.07, 6.45) is 0. The quantitative estimate of drug-likeness (QED) is 0.763. The van der Waals surface area contributed by atoms with E-state index in [1.807, 2.05) is 6.92 Å². The van der Waals surface area contributed by atoms with Gasteiger partial charge in [-0.25, -0.2) is 13.1 Å². The molecule has 0 radical (unpaired) electrons. The summed E-state index contributed by atoms with van der Waals surface area (Å²) in [5, 5.41) is 0. The van der Waals surface area contributed by atoms with Gasteiger partial charge in [-0.2, -0.15) is 0 Å². The van der Waals surface area contributed by atoms with Crippen LogP contribution in [0.25, 0.3) is 0 Å². The van der Waals surface area contributed by atoms with Gasteiger partial charge < -0.3 is 5.73 Å². The third-order valence-corrected chi connectivity index (χ3v) is 3.53. The Balaban J connectivity index is 3.26. The highest BCUT2D eigenvalue weighted by Gasteiger charge is 2.11. The Bertz CT molecular complexity index is 426. The molecule has 0 spiro atoms. The van der Waals surface area contributed by atoms with Crippen LogP contribution in [-0.2, 0) is 16.6 Å². The van der Waals surface area contributed by atoms with Crippen molar-refractivity contribution >= 4 is 10.0 Å². The normalized spacial score (nSPS) is 11.6. The molecule has 0 amide bonds. The van der Waals surface area contributed by atoms with Crippen LogP contribution in [-0.4, -0.2) is 15.5 Å². The van der Waals surface area contributed by atoms with Crippen LogP contribution >= 0.6 is 0 Å². The van der Waals surface area contributed by atoms with Crippen molar-refractivity contribution in [3.63, 3.8) is 0 Å². The van der Waals surface area contributed by atoms with Crippen LogP contribution in [0.1, 0.15) is 11.1 Å². The molecule has 1 aromatic carbocycles. The second-order valence-corrected chi connectivity index (χ2v) is 4.89. The zero-order chi connectivity index (χ0) is 10.8. The number of aryl methyl sites for hydroxylation is 1. The average molecular weight is 214 g/mol. The van der Waals surface area contributed by atoms with Crippen LogP contribution in [0.4, 0.5) is 0 Å². The van der Waals surface area contributed by atoms with Gasteiger partial charge in [0, 0.05) is 6.54 Å². The van der Waals surface area contributed by atoms with Gasteiger partial charge in [0.05, 0.1) is 4.90 Å². The molecule has 78 valence electrons. The van der Waals surface area contributed by atoms with Crippen molar-refractivity contribution < 1.29 is 8.42 Å². The number of nitrogens with two attached hydrogens (primary N) is 1. The van der Waals surface area contributed by atoms with E-state index in [4.69, 9.17) is 5.73 Å². The van der Waals surface area contributed by atoms with E-state index in [0.717, 1.165) is 11.1 Å². The standard InChI is InChI=1S/C9H14N2O2S/c1-7-3-4-9(5-8(7)6-10)14(12,13)11-2/h3-5,11H,6,10H2,1-2H3. The van der Waals surface area contributed by atoms with Crippen molar-refractivity contribution in [1.82, 2.24) is 4.72 Å². The highest BCUT2D eigenvalue weighted by Crippen LogP contribution is 2.14. The minimum absolute atomic E-state index is 0.256. The third kappa shape index (κ3) is 2.12. The smallest absolute Gasteiger partial charge is 0.240 e. The summed E-state index contributed by atoms with van der Waals surface area (Å²) >= 11 is 0. The molecule has 0 heterocycles. The van der Waals surface area contributed by atoms with Gasteiger partial charge in [0.25, 0.3) is 0 Å². The lowest BCUT2D eigenvalue weighted by atomic mass is 10.1. The SMILES string of the molecule is CNS(=O)(=O)c1ccc(C)c(CN)c1. The number of rotatable bonds is 3. The van der Waals surface area contributed by atoms with Crippen LogP contribution in [0.5, 0.6) is 0 Å². The first-order valence-corrected chi connectivity index (χ1v) is 5.72. The minimum atomic E-state index is -3.35. The lowest BCUT2D eigenvalue weighted by Crippen LogP contribution is -2.19. The van der Waals surface area contributed by atoms with E-state index in [1.165, 1.54) is 7.05 Å². The molecule has 0 aliphatic carbocycles. The number of hydrogen-bond acceptors (Lipinski definition) is 3. The molecule has 0 unspecified atom stereocenters. The Morgan fingerprint density at radius 2 is 2.07 bits per heavy atom. The maximum atomic E-state index is 11.4. The van der Waals surface area contributed by atoms with Gasteiger partial charge in [-0.05, 0) is 37.2 Å². The number of nitrogens with one attached hydrogen (secondary N) is 1. The molecular weight excluding hydrogens is 200 g/mol. The Hall–Kier alpha value is -0.910. The molecule has 1 rings (SSSR count). The highest BCUT2D eigenvalue weighted by molar-refractivity contribution is 7.89. The van der Waals surface area contributed by atoms with Gasteiger partial charge >= 0.3 is 0 Å². The van der Waals surface area contributed by atoms with E-state index >= 15 is 0 Å². The zero-order valence-electron chi connectivity index (χ0n) is 8.24. The molecule has 0 saturated carbocycles. The van der Waals surface area contributed by atoms with E-state index in [2.05, 4.69) is 4.72 Å². The number of hydrogen-bond donors (Lipinski definition) is 2. The molecule has 0 fully saturated rings.